The monoisotopic (exact) mass is 411 g/mol. The second kappa shape index (κ2) is 9.79. The van der Waals surface area contributed by atoms with Gasteiger partial charge in [0.05, 0.1) is 48.5 Å². The van der Waals surface area contributed by atoms with Gasteiger partial charge in [0.2, 0.25) is 5.91 Å². The molecule has 0 fully saturated rings. The van der Waals surface area contributed by atoms with E-state index in [0.29, 0.717) is 22.2 Å². The number of carbonyl (C=O) groups is 2. The number of anilines is 2. The highest BCUT2D eigenvalue weighted by Crippen LogP contribution is 2.31. The number of hydrogen-bond donors (Lipinski definition) is 2. The van der Waals surface area contributed by atoms with Gasteiger partial charge in [-0.3, -0.25) is 9.59 Å². The number of para-hydroxylation sites is 4. The Morgan fingerprint density at radius 2 is 1.86 bits per heavy atom. The molecule has 1 heterocycles. The summed E-state index contributed by atoms with van der Waals surface area (Å²) in [6.45, 7) is 0. The third kappa shape index (κ3) is 5.61. The molecule has 1 aliphatic heterocycles. The number of fused-ring (bicyclic) bond motifs is 1. The summed E-state index contributed by atoms with van der Waals surface area (Å²) < 4.78 is 10.0. The van der Waals surface area contributed by atoms with E-state index in [1.54, 1.807) is 25.3 Å². The Balaban J connectivity index is 1.73. The molecule has 0 aromatic heterocycles. The molecule has 7 nitrogen and oxygen atoms in total. The van der Waals surface area contributed by atoms with Gasteiger partial charge in [-0.2, -0.15) is 0 Å². The van der Waals surface area contributed by atoms with Crippen LogP contribution in [0.4, 0.5) is 17.1 Å². The van der Waals surface area contributed by atoms with Crippen molar-refractivity contribution in [2.45, 2.75) is 6.42 Å². The molecule has 2 aromatic rings. The molecule has 0 unspecified atom stereocenters. The van der Waals surface area contributed by atoms with Gasteiger partial charge in [-0.1, -0.05) is 36.0 Å². The molecular weight excluding hydrogens is 390 g/mol. The Morgan fingerprint density at radius 3 is 2.66 bits per heavy atom. The minimum absolute atomic E-state index is 0.0812. The van der Waals surface area contributed by atoms with Crippen LogP contribution < -0.4 is 15.4 Å². The van der Waals surface area contributed by atoms with Crippen molar-refractivity contribution in [2.24, 2.45) is 4.99 Å². The van der Waals surface area contributed by atoms with Crippen molar-refractivity contribution in [2.75, 3.05) is 30.6 Å². The molecule has 2 N–H and O–H groups in total. The van der Waals surface area contributed by atoms with Gasteiger partial charge in [0.1, 0.15) is 5.75 Å². The summed E-state index contributed by atoms with van der Waals surface area (Å²) in [5.41, 5.74) is 2.78. The Kier molecular flexibility index (Phi) is 6.91. The van der Waals surface area contributed by atoms with Gasteiger partial charge in [-0.15, -0.1) is 0 Å². The zero-order valence-electron chi connectivity index (χ0n) is 16.1. The quantitative estimate of drug-likeness (QED) is 0.699. The number of nitrogens with one attached hydrogen (secondary N) is 2. The van der Waals surface area contributed by atoms with E-state index in [2.05, 4.69) is 15.6 Å². The second-order valence-corrected chi connectivity index (χ2v) is 7.05. The number of methoxy groups -OCH3 is 2. The van der Waals surface area contributed by atoms with Crippen LogP contribution in [-0.2, 0) is 14.3 Å². The highest BCUT2D eigenvalue weighted by molar-refractivity contribution is 8.14. The maximum Gasteiger partial charge on any atom is 0.311 e. The van der Waals surface area contributed by atoms with E-state index in [1.165, 1.54) is 18.9 Å². The number of nitrogens with zero attached hydrogens (tertiary/aromatic N) is 1. The van der Waals surface area contributed by atoms with Gasteiger partial charge < -0.3 is 20.1 Å². The number of benzene rings is 2. The van der Waals surface area contributed by atoms with E-state index in [0.717, 1.165) is 11.4 Å². The van der Waals surface area contributed by atoms with E-state index in [-0.39, 0.29) is 24.1 Å². The highest BCUT2D eigenvalue weighted by Gasteiger charge is 2.15. The van der Waals surface area contributed by atoms with Crippen LogP contribution in [-0.4, -0.2) is 36.9 Å². The Hall–Kier alpha value is -3.26. The van der Waals surface area contributed by atoms with Crippen LogP contribution in [0.5, 0.6) is 5.75 Å². The number of carbonyl (C=O) groups excluding carboxylic acids is 2. The van der Waals surface area contributed by atoms with Crippen molar-refractivity contribution in [3.63, 3.8) is 0 Å². The Morgan fingerprint density at radius 1 is 1.10 bits per heavy atom. The topological polar surface area (TPSA) is 89.0 Å². The number of ether oxygens (including phenoxy) is 2. The molecule has 0 bridgehead atoms. The number of amides is 1. The molecule has 0 saturated heterocycles. The lowest BCUT2D eigenvalue weighted by atomic mass is 10.2. The van der Waals surface area contributed by atoms with E-state index < -0.39 is 0 Å². The first-order valence-electron chi connectivity index (χ1n) is 8.87. The van der Waals surface area contributed by atoms with Crippen LogP contribution in [0.3, 0.4) is 0 Å². The summed E-state index contributed by atoms with van der Waals surface area (Å²) in [5, 5.41) is 6.67. The van der Waals surface area contributed by atoms with Crippen molar-refractivity contribution in [1.82, 2.24) is 0 Å². The molecule has 0 atom stereocenters. The summed E-state index contributed by atoms with van der Waals surface area (Å²) in [6, 6.07) is 14.7. The highest BCUT2D eigenvalue weighted by atomic mass is 32.2. The molecule has 8 heteroatoms. The standard InChI is InChI=1S/C21H21N3O4S/c1-27-18-10-6-5-9-17(18)23-19(25)13-29-20-11-14(12-21(26)28-2)22-15-7-3-4-8-16(15)24-20/h3-11,22H,12-13H2,1-2H3,(H,23,25). The van der Waals surface area contributed by atoms with Crippen LogP contribution in [0.25, 0.3) is 0 Å². The van der Waals surface area contributed by atoms with Crippen LogP contribution in [0.2, 0.25) is 0 Å². The SMILES string of the molecule is COC(=O)CC1=CC(SCC(=O)Nc2ccccc2OC)=Nc2ccccc2N1. The Bertz CT molecular complexity index is 972. The predicted octanol–water partition coefficient (Wildman–Crippen LogP) is 3.97. The molecular formula is C21H21N3O4S. The van der Waals surface area contributed by atoms with Gasteiger partial charge in [-0.25, -0.2) is 4.99 Å². The molecule has 150 valence electrons. The second-order valence-electron chi connectivity index (χ2n) is 6.05. The zero-order valence-corrected chi connectivity index (χ0v) is 16.9. The third-order valence-electron chi connectivity index (χ3n) is 4.02. The summed E-state index contributed by atoms with van der Waals surface area (Å²) in [7, 11) is 2.90. The first-order valence-corrected chi connectivity index (χ1v) is 9.85. The first kappa shape index (κ1) is 20.5. The number of esters is 1. The zero-order chi connectivity index (χ0) is 20.6. The molecule has 1 aliphatic rings. The lowest BCUT2D eigenvalue weighted by molar-refractivity contribution is -0.139. The number of aliphatic imine (C=N–C) groups is 1. The smallest absolute Gasteiger partial charge is 0.311 e. The van der Waals surface area contributed by atoms with Gasteiger partial charge in [-0.05, 0) is 30.3 Å². The molecule has 0 saturated carbocycles. The molecule has 2 aromatic carbocycles. The summed E-state index contributed by atoms with van der Waals surface area (Å²) in [4.78, 5) is 28.7. The fourth-order valence-corrected chi connectivity index (χ4v) is 3.40. The molecule has 0 spiro atoms. The fraction of sp³-hybridized carbons (Fsp3) is 0.190. The van der Waals surface area contributed by atoms with Crippen LogP contribution in [0.15, 0.2) is 65.3 Å². The molecule has 0 aliphatic carbocycles. The summed E-state index contributed by atoms with van der Waals surface area (Å²) in [5.74, 6) is 0.203. The lowest BCUT2D eigenvalue weighted by Gasteiger charge is -2.10. The van der Waals surface area contributed by atoms with E-state index in [1.807, 2.05) is 36.4 Å². The summed E-state index contributed by atoms with van der Waals surface area (Å²) in [6.07, 6.45) is 1.84. The normalized spacial score (nSPS) is 12.5. The Labute approximate surface area is 173 Å². The number of hydrogen-bond acceptors (Lipinski definition) is 7. The molecule has 29 heavy (non-hydrogen) atoms. The predicted molar refractivity (Wildman–Crippen MR) is 116 cm³/mol. The van der Waals surface area contributed by atoms with E-state index >= 15 is 0 Å². The maximum absolute atomic E-state index is 12.4. The van der Waals surface area contributed by atoms with Crippen molar-refractivity contribution in [3.05, 3.63) is 60.3 Å². The number of thioether (sulfide) groups is 1. The van der Waals surface area contributed by atoms with Crippen molar-refractivity contribution in [1.29, 1.82) is 0 Å². The van der Waals surface area contributed by atoms with E-state index in [9.17, 15) is 9.59 Å². The van der Waals surface area contributed by atoms with Crippen LogP contribution >= 0.6 is 11.8 Å². The van der Waals surface area contributed by atoms with Crippen molar-refractivity contribution < 1.29 is 19.1 Å². The number of rotatable bonds is 6. The largest absolute Gasteiger partial charge is 0.495 e. The average molecular weight is 411 g/mol. The van der Waals surface area contributed by atoms with Gasteiger partial charge >= 0.3 is 5.97 Å². The van der Waals surface area contributed by atoms with Gasteiger partial charge in [0, 0.05) is 5.70 Å². The first-order chi connectivity index (χ1) is 14.1. The van der Waals surface area contributed by atoms with Crippen molar-refractivity contribution >= 4 is 45.7 Å². The van der Waals surface area contributed by atoms with Gasteiger partial charge in [0.15, 0.2) is 0 Å². The summed E-state index contributed by atoms with van der Waals surface area (Å²) >= 11 is 1.28. The molecule has 0 radical (unpaired) electrons. The minimum Gasteiger partial charge on any atom is -0.495 e. The van der Waals surface area contributed by atoms with E-state index in [4.69, 9.17) is 9.47 Å². The fourth-order valence-electron chi connectivity index (χ4n) is 2.66. The molecule has 3 rings (SSSR count). The molecule has 1 amide bonds. The van der Waals surface area contributed by atoms with Crippen molar-refractivity contribution in [3.8, 4) is 5.75 Å². The van der Waals surface area contributed by atoms with Crippen LogP contribution in [0.1, 0.15) is 6.42 Å². The van der Waals surface area contributed by atoms with Gasteiger partial charge in [0.25, 0.3) is 0 Å². The maximum atomic E-state index is 12.4. The lowest BCUT2D eigenvalue weighted by Crippen LogP contribution is -2.15. The van der Waals surface area contributed by atoms with Crippen LogP contribution in [0, 0.1) is 0 Å². The average Bonchev–Trinajstić information content (AvgIpc) is 2.91. The third-order valence-corrected chi connectivity index (χ3v) is 4.93. The minimum atomic E-state index is -0.360.